The Labute approximate surface area is 136 Å². The molecule has 0 atom stereocenters. The first-order valence-corrected chi connectivity index (χ1v) is 8.93. The van der Waals surface area contributed by atoms with E-state index in [9.17, 15) is 18.5 Å². The maximum absolute atomic E-state index is 12.3. The summed E-state index contributed by atoms with van der Waals surface area (Å²) in [4.78, 5) is 10.5. The largest absolute Gasteiger partial charge is 0.496 e. The maximum Gasteiger partial charge on any atom is 0.496 e. The highest BCUT2D eigenvalue weighted by Crippen LogP contribution is 2.37. The molecular formula is C14H20BNO6S. The average Bonchev–Trinajstić information content (AvgIpc) is 2.66. The zero-order chi connectivity index (χ0) is 17.6. The smallest absolute Gasteiger partial charge is 0.399 e. The summed E-state index contributed by atoms with van der Waals surface area (Å²) in [6.07, 6.45) is 0. The molecule has 0 N–H and O–H groups in total. The Kier molecular flexibility index (Phi) is 4.34. The van der Waals surface area contributed by atoms with Crippen molar-refractivity contribution in [2.24, 2.45) is 0 Å². The van der Waals surface area contributed by atoms with Gasteiger partial charge in [0.05, 0.1) is 26.8 Å². The van der Waals surface area contributed by atoms with Crippen LogP contribution in [0, 0.1) is 10.1 Å². The number of hydrogen-bond donors (Lipinski definition) is 0. The van der Waals surface area contributed by atoms with E-state index in [1.165, 1.54) is 25.1 Å². The SMILES string of the molecule is CCS(=O)(=O)c1ccc([N+](=O)[O-])cc1B1OC(C)(C)C(C)(C)O1. The molecule has 7 nitrogen and oxygen atoms in total. The van der Waals surface area contributed by atoms with Gasteiger partial charge < -0.3 is 9.31 Å². The monoisotopic (exact) mass is 341 g/mol. The van der Waals surface area contributed by atoms with Gasteiger partial charge in [-0.25, -0.2) is 8.42 Å². The Morgan fingerprint density at radius 2 is 1.70 bits per heavy atom. The van der Waals surface area contributed by atoms with Crippen molar-refractivity contribution in [1.29, 1.82) is 0 Å². The van der Waals surface area contributed by atoms with E-state index in [-0.39, 0.29) is 21.8 Å². The Morgan fingerprint density at radius 1 is 1.17 bits per heavy atom. The second kappa shape index (κ2) is 5.57. The first kappa shape index (κ1) is 17.9. The summed E-state index contributed by atoms with van der Waals surface area (Å²) in [7, 11) is -4.54. The van der Waals surface area contributed by atoms with Crippen LogP contribution >= 0.6 is 0 Å². The molecule has 1 saturated heterocycles. The van der Waals surface area contributed by atoms with Crippen LogP contribution in [-0.4, -0.2) is 37.4 Å². The van der Waals surface area contributed by atoms with Gasteiger partial charge in [0.2, 0.25) is 0 Å². The topological polar surface area (TPSA) is 95.7 Å². The molecule has 0 bridgehead atoms. The van der Waals surface area contributed by atoms with E-state index in [1.54, 1.807) is 0 Å². The minimum absolute atomic E-state index is 0.00380. The number of nitrogens with zero attached hydrogens (tertiary/aromatic N) is 1. The lowest BCUT2D eigenvalue weighted by molar-refractivity contribution is -0.384. The van der Waals surface area contributed by atoms with Crippen molar-refractivity contribution in [3.63, 3.8) is 0 Å². The summed E-state index contributed by atoms with van der Waals surface area (Å²) >= 11 is 0. The highest BCUT2D eigenvalue weighted by atomic mass is 32.2. The van der Waals surface area contributed by atoms with E-state index in [2.05, 4.69) is 0 Å². The van der Waals surface area contributed by atoms with E-state index >= 15 is 0 Å². The molecule has 23 heavy (non-hydrogen) atoms. The fraction of sp³-hybridized carbons (Fsp3) is 0.571. The molecule has 0 unspecified atom stereocenters. The summed E-state index contributed by atoms with van der Waals surface area (Å²) in [6.45, 7) is 8.85. The lowest BCUT2D eigenvalue weighted by Crippen LogP contribution is -2.41. The summed E-state index contributed by atoms with van der Waals surface area (Å²) < 4.78 is 36.3. The molecule has 1 aliphatic heterocycles. The third kappa shape index (κ3) is 3.13. The molecule has 1 heterocycles. The quantitative estimate of drug-likeness (QED) is 0.470. The minimum atomic E-state index is -3.57. The molecule has 0 amide bonds. The molecule has 1 aliphatic rings. The molecule has 1 fully saturated rings. The van der Waals surface area contributed by atoms with Crippen LogP contribution in [0.2, 0.25) is 0 Å². The first-order chi connectivity index (χ1) is 10.4. The lowest BCUT2D eigenvalue weighted by atomic mass is 9.79. The van der Waals surface area contributed by atoms with E-state index < -0.39 is 33.1 Å². The molecule has 0 aromatic heterocycles. The fourth-order valence-corrected chi connectivity index (χ4v) is 3.34. The normalized spacial score (nSPS) is 19.8. The summed E-state index contributed by atoms with van der Waals surface area (Å²) in [6, 6.07) is 3.64. The molecule has 9 heteroatoms. The Bertz CT molecular complexity index is 728. The van der Waals surface area contributed by atoms with Gasteiger partial charge in [-0.15, -0.1) is 0 Å². The number of hydrogen-bond acceptors (Lipinski definition) is 6. The van der Waals surface area contributed by atoms with Gasteiger partial charge in [-0.3, -0.25) is 10.1 Å². The van der Waals surface area contributed by atoms with Gasteiger partial charge in [0.25, 0.3) is 5.69 Å². The van der Waals surface area contributed by atoms with E-state index in [4.69, 9.17) is 9.31 Å². The van der Waals surface area contributed by atoms with Gasteiger partial charge in [0, 0.05) is 17.6 Å². The van der Waals surface area contributed by atoms with Gasteiger partial charge in [-0.05, 0) is 33.8 Å². The van der Waals surface area contributed by atoms with Gasteiger partial charge in [0.1, 0.15) is 0 Å². The molecule has 0 aliphatic carbocycles. The molecule has 0 saturated carbocycles. The van der Waals surface area contributed by atoms with Crippen LogP contribution in [0.25, 0.3) is 0 Å². The molecule has 2 rings (SSSR count). The van der Waals surface area contributed by atoms with Crippen molar-refractivity contribution in [1.82, 2.24) is 0 Å². The van der Waals surface area contributed by atoms with Gasteiger partial charge in [-0.1, -0.05) is 6.92 Å². The zero-order valence-corrected chi connectivity index (χ0v) is 14.6. The average molecular weight is 341 g/mol. The number of nitro groups is 1. The van der Waals surface area contributed by atoms with Gasteiger partial charge in [-0.2, -0.15) is 0 Å². The molecular weight excluding hydrogens is 321 g/mol. The molecule has 0 radical (unpaired) electrons. The number of nitro benzene ring substituents is 1. The number of benzene rings is 1. The second-order valence-electron chi connectivity index (χ2n) is 6.47. The van der Waals surface area contributed by atoms with Crippen molar-refractivity contribution in [2.75, 3.05) is 5.75 Å². The standard InChI is InChI=1S/C14H20BNO6S/c1-6-23(19,20)12-8-7-10(16(17)18)9-11(12)15-21-13(2,3)14(4,5)22-15/h7-9H,6H2,1-5H3. The molecule has 1 aromatic carbocycles. The predicted molar refractivity (Wildman–Crippen MR) is 86.5 cm³/mol. The highest BCUT2D eigenvalue weighted by molar-refractivity contribution is 7.91. The summed E-state index contributed by atoms with van der Waals surface area (Å²) in [5.41, 5.74) is -1.38. The van der Waals surface area contributed by atoms with Crippen LogP contribution in [0.5, 0.6) is 0 Å². The molecule has 0 spiro atoms. The third-order valence-electron chi connectivity index (χ3n) is 4.43. The fourth-order valence-electron chi connectivity index (χ4n) is 2.24. The van der Waals surface area contributed by atoms with Crippen LogP contribution in [-0.2, 0) is 19.1 Å². The van der Waals surface area contributed by atoms with E-state index in [0.29, 0.717) is 0 Å². The summed E-state index contributed by atoms with van der Waals surface area (Å²) in [5.74, 6) is -0.114. The highest BCUT2D eigenvalue weighted by Gasteiger charge is 2.53. The summed E-state index contributed by atoms with van der Waals surface area (Å²) in [5, 5.41) is 11.0. The van der Waals surface area contributed by atoms with Crippen molar-refractivity contribution in [3.05, 3.63) is 28.3 Å². The molecule has 1 aromatic rings. The van der Waals surface area contributed by atoms with Crippen molar-refractivity contribution in [2.45, 2.75) is 50.7 Å². The number of non-ortho nitro benzene ring substituents is 1. The number of rotatable bonds is 4. The predicted octanol–water partition coefficient (Wildman–Crippen LogP) is 1.69. The number of sulfone groups is 1. The van der Waals surface area contributed by atoms with Crippen molar-refractivity contribution >= 4 is 28.1 Å². The van der Waals surface area contributed by atoms with Crippen LogP contribution < -0.4 is 5.46 Å². The van der Waals surface area contributed by atoms with Crippen molar-refractivity contribution in [3.8, 4) is 0 Å². The van der Waals surface area contributed by atoms with Crippen LogP contribution in [0.4, 0.5) is 5.69 Å². The maximum atomic E-state index is 12.3. The van der Waals surface area contributed by atoms with Crippen LogP contribution in [0.1, 0.15) is 34.6 Å². The molecule has 126 valence electrons. The van der Waals surface area contributed by atoms with Crippen LogP contribution in [0.3, 0.4) is 0 Å². The van der Waals surface area contributed by atoms with Crippen LogP contribution in [0.15, 0.2) is 23.1 Å². The van der Waals surface area contributed by atoms with E-state index in [0.717, 1.165) is 0 Å². The Hall–Kier alpha value is -1.45. The third-order valence-corrected chi connectivity index (χ3v) is 6.23. The minimum Gasteiger partial charge on any atom is -0.399 e. The van der Waals surface area contributed by atoms with Gasteiger partial charge >= 0.3 is 7.12 Å². The Balaban J connectivity index is 2.60. The zero-order valence-electron chi connectivity index (χ0n) is 13.8. The second-order valence-corrected chi connectivity index (χ2v) is 8.72. The van der Waals surface area contributed by atoms with Crippen molar-refractivity contribution < 1.29 is 22.6 Å². The van der Waals surface area contributed by atoms with Gasteiger partial charge in [0.15, 0.2) is 9.84 Å². The van der Waals surface area contributed by atoms with E-state index in [1.807, 2.05) is 27.7 Å². The lowest BCUT2D eigenvalue weighted by Gasteiger charge is -2.32. The Morgan fingerprint density at radius 3 is 2.13 bits per heavy atom. The first-order valence-electron chi connectivity index (χ1n) is 7.28.